The molecule has 0 radical (unpaired) electrons. The minimum absolute atomic E-state index is 0.822. The van der Waals surface area contributed by atoms with Crippen LogP contribution in [0.3, 0.4) is 0 Å². The van der Waals surface area contributed by atoms with Crippen molar-refractivity contribution < 1.29 is 4.74 Å². The fraction of sp³-hybridized carbons (Fsp3) is 0.333. The van der Waals surface area contributed by atoms with Crippen LogP contribution in [0, 0.1) is 0 Å². The van der Waals surface area contributed by atoms with E-state index in [0.29, 0.717) is 0 Å². The molecular weight excluding hydrogens is 260 g/mol. The first-order valence-electron chi connectivity index (χ1n) is 7.46. The van der Waals surface area contributed by atoms with Crippen molar-refractivity contribution in [2.24, 2.45) is 10.2 Å². The number of ether oxygens (including phenoxy) is 1. The highest BCUT2D eigenvalue weighted by molar-refractivity contribution is 5.43. The van der Waals surface area contributed by atoms with Crippen molar-refractivity contribution in [3.8, 4) is 5.75 Å². The average Bonchev–Trinajstić information content (AvgIpc) is 2.55. The number of rotatable bonds is 7. The molecule has 2 rings (SSSR count). The lowest BCUT2D eigenvalue weighted by atomic mass is 10.1. The molecule has 0 unspecified atom stereocenters. The van der Waals surface area contributed by atoms with E-state index in [1.165, 1.54) is 24.8 Å². The van der Waals surface area contributed by atoms with E-state index < -0.39 is 0 Å². The van der Waals surface area contributed by atoms with E-state index in [2.05, 4.69) is 29.3 Å². The van der Waals surface area contributed by atoms with Gasteiger partial charge in [-0.1, -0.05) is 31.9 Å². The number of azo groups is 1. The van der Waals surface area contributed by atoms with E-state index in [0.717, 1.165) is 23.5 Å². The number of aryl methyl sites for hydroxylation is 1. The van der Waals surface area contributed by atoms with Crippen LogP contribution in [0.5, 0.6) is 5.75 Å². The molecule has 0 aliphatic carbocycles. The molecule has 0 saturated carbocycles. The van der Waals surface area contributed by atoms with Crippen LogP contribution in [0.4, 0.5) is 11.4 Å². The smallest absolute Gasteiger partial charge is 0.119 e. The Kier molecular flexibility index (Phi) is 5.95. The summed E-state index contributed by atoms with van der Waals surface area (Å²) in [6, 6.07) is 15.9. The van der Waals surface area contributed by atoms with Gasteiger partial charge in [0, 0.05) is 0 Å². The number of nitrogens with zero attached hydrogens (tertiary/aromatic N) is 2. The van der Waals surface area contributed by atoms with Crippen molar-refractivity contribution in [1.82, 2.24) is 0 Å². The van der Waals surface area contributed by atoms with Crippen molar-refractivity contribution in [1.29, 1.82) is 0 Å². The third-order valence-electron chi connectivity index (χ3n) is 3.36. The van der Waals surface area contributed by atoms with Crippen LogP contribution in [0.1, 0.15) is 31.7 Å². The standard InChI is InChI=1S/C18H22N2O/c1-3-4-5-6-15-7-9-16(10-8-15)19-20-17-11-13-18(21-2)14-12-17/h7-14H,3-6H2,1-2H3/b20-19+. The fourth-order valence-corrected chi connectivity index (χ4v) is 2.07. The molecule has 0 atom stereocenters. The highest BCUT2D eigenvalue weighted by atomic mass is 16.5. The Morgan fingerprint density at radius 2 is 1.38 bits per heavy atom. The molecule has 2 aromatic carbocycles. The second-order valence-corrected chi connectivity index (χ2v) is 5.02. The summed E-state index contributed by atoms with van der Waals surface area (Å²) in [5.41, 5.74) is 3.07. The van der Waals surface area contributed by atoms with Crippen LogP contribution in [0.25, 0.3) is 0 Å². The monoisotopic (exact) mass is 282 g/mol. The molecule has 0 amide bonds. The third kappa shape index (κ3) is 5.03. The lowest BCUT2D eigenvalue weighted by Crippen LogP contribution is -1.83. The van der Waals surface area contributed by atoms with Gasteiger partial charge in [-0.25, -0.2) is 0 Å². The number of hydrogen-bond donors (Lipinski definition) is 0. The first kappa shape index (κ1) is 15.2. The van der Waals surface area contributed by atoms with Gasteiger partial charge in [0.2, 0.25) is 0 Å². The van der Waals surface area contributed by atoms with Gasteiger partial charge < -0.3 is 4.74 Å². The van der Waals surface area contributed by atoms with Gasteiger partial charge in [-0.05, 0) is 54.8 Å². The summed E-state index contributed by atoms with van der Waals surface area (Å²) in [6.45, 7) is 2.22. The van der Waals surface area contributed by atoms with Crippen LogP contribution in [-0.4, -0.2) is 7.11 Å². The van der Waals surface area contributed by atoms with E-state index in [1.807, 2.05) is 36.4 Å². The van der Waals surface area contributed by atoms with Crippen molar-refractivity contribution in [2.45, 2.75) is 32.6 Å². The molecule has 0 spiro atoms. The Bertz CT molecular complexity index is 559. The molecule has 21 heavy (non-hydrogen) atoms. The molecular formula is C18H22N2O. The lowest BCUT2D eigenvalue weighted by molar-refractivity contribution is 0.415. The SMILES string of the molecule is CCCCCc1ccc(/N=N/c2ccc(OC)cc2)cc1. The zero-order chi connectivity index (χ0) is 14.9. The van der Waals surface area contributed by atoms with Gasteiger partial charge in [-0.15, -0.1) is 0 Å². The molecule has 0 aromatic heterocycles. The third-order valence-corrected chi connectivity index (χ3v) is 3.36. The first-order valence-corrected chi connectivity index (χ1v) is 7.46. The summed E-state index contributed by atoms with van der Waals surface area (Å²) in [5, 5.41) is 8.48. The summed E-state index contributed by atoms with van der Waals surface area (Å²) in [6.07, 6.45) is 4.94. The summed E-state index contributed by atoms with van der Waals surface area (Å²) >= 11 is 0. The zero-order valence-electron chi connectivity index (χ0n) is 12.7. The summed E-state index contributed by atoms with van der Waals surface area (Å²) in [7, 11) is 1.65. The highest BCUT2D eigenvalue weighted by Crippen LogP contribution is 2.21. The van der Waals surface area contributed by atoms with E-state index in [-0.39, 0.29) is 0 Å². The largest absolute Gasteiger partial charge is 0.497 e. The van der Waals surface area contributed by atoms with Crippen LogP contribution in [0.2, 0.25) is 0 Å². The topological polar surface area (TPSA) is 34.0 Å². The maximum atomic E-state index is 5.11. The van der Waals surface area contributed by atoms with Gasteiger partial charge in [0.15, 0.2) is 0 Å². The molecule has 0 saturated heterocycles. The number of unbranched alkanes of at least 4 members (excludes halogenated alkanes) is 2. The van der Waals surface area contributed by atoms with E-state index in [1.54, 1.807) is 7.11 Å². The Hall–Kier alpha value is -2.16. The predicted octanol–water partition coefficient (Wildman–Crippen LogP) is 5.84. The summed E-state index contributed by atoms with van der Waals surface area (Å²) < 4.78 is 5.11. The molecule has 0 fully saturated rings. The molecule has 3 nitrogen and oxygen atoms in total. The van der Waals surface area contributed by atoms with E-state index in [4.69, 9.17) is 4.74 Å². The van der Waals surface area contributed by atoms with Crippen molar-refractivity contribution in [3.63, 3.8) is 0 Å². The number of benzene rings is 2. The van der Waals surface area contributed by atoms with Crippen LogP contribution in [0.15, 0.2) is 58.8 Å². The summed E-state index contributed by atoms with van der Waals surface area (Å²) in [5.74, 6) is 0.824. The highest BCUT2D eigenvalue weighted by Gasteiger charge is 1.95. The minimum Gasteiger partial charge on any atom is -0.497 e. The first-order chi connectivity index (χ1) is 10.3. The maximum Gasteiger partial charge on any atom is 0.119 e. The summed E-state index contributed by atoms with van der Waals surface area (Å²) in [4.78, 5) is 0. The molecule has 3 heteroatoms. The van der Waals surface area contributed by atoms with Crippen molar-refractivity contribution in [3.05, 3.63) is 54.1 Å². The molecule has 0 aliphatic heterocycles. The number of methoxy groups -OCH3 is 1. The average molecular weight is 282 g/mol. The van der Waals surface area contributed by atoms with E-state index >= 15 is 0 Å². The van der Waals surface area contributed by atoms with Crippen LogP contribution in [-0.2, 0) is 6.42 Å². The second-order valence-electron chi connectivity index (χ2n) is 5.02. The Morgan fingerprint density at radius 1 is 0.810 bits per heavy atom. The van der Waals surface area contributed by atoms with Crippen LogP contribution < -0.4 is 4.74 Å². The Labute approximate surface area is 126 Å². The van der Waals surface area contributed by atoms with Crippen molar-refractivity contribution >= 4 is 11.4 Å². The molecule has 2 aromatic rings. The molecule has 0 bridgehead atoms. The van der Waals surface area contributed by atoms with Gasteiger partial charge in [0.1, 0.15) is 5.75 Å². The molecule has 110 valence electrons. The van der Waals surface area contributed by atoms with Gasteiger partial charge in [-0.3, -0.25) is 0 Å². The minimum atomic E-state index is 0.822. The molecule has 0 aliphatic rings. The second kappa shape index (κ2) is 8.20. The number of hydrogen-bond acceptors (Lipinski definition) is 3. The Balaban J connectivity index is 1.93. The van der Waals surface area contributed by atoms with E-state index in [9.17, 15) is 0 Å². The molecule has 0 N–H and O–H groups in total. The fourth-order valence-electron chi connectivity index (χ4n) is 2.07. The predicted molar refractivity (Wildman–Crippen MR) is 86.8 cm³/mol. The lowest BCUT2D eigenvalue weighted by Gasteiger charge is -2.01. The molecule has 0 heterocycles. The normalized spacial score (nSPS) is 11.0. The maximum absolute atomic E-state index is 5.11. The Morgan fingerprint density at radius 3 is 1.90 bits per heavy atom. The van der Waals surface area contributed by atoms with Crippen LogP contribution >= 0.6 is 0 Å². The quantitative estimate of drug-likeness (QED) is 0.463. The van der Waals surface area contributed by atoms with Crippen molar-refractivity contribution in [2.75, 3.05) is 7.11 Å². The van der Waals surface area contributed by atoms with Gasteiger partial charge in [0.25, 0.3) is 0 Å². The zero-order valence-corrected chi connectivity index (χ0v) is 12.7. The van der Waals surface area contributed by atoms with Gasteiger partial charge in [0.05, 0.1) is 18.5 Å². The van der Waals surface area contributed by atoms with Gasteiger partial charge in [-0.2, -0.15) is 10.2 Å². The van der Waals surface area contributed by atoms with Gasteiger partial charge >= 0.3 is 0 Å².